The van der Waals surface area contributed by atoms with Gasteiger partial charge >= 0.3 is 5.97 Å². The molecule has 8 heteroatoms. The molecule has 0 unspecified atom stereocenters. The lowest BCUT2D eigenvalue weighted by atomic mass is 10.2. The van der Waals surface area contributed by atoms with Crippen LogP contribution < -0.4 is 5.56 Å². The van der Waals surface area contributed by atoms with E-state index in [-0.39, 0.29) is 16.4 Å². The number of esters is 1. The van der Waals surface area contributed by atoms with Crippen molar-refractivity contribution in [1.82, 2.24) is 14.5 Å². The predicted octanol–water partition coefficient (Wildman–Crippen LogP) is 3.66. The number of aromatic amines is 1. The number of hydrogen-bond donors (Lipinski definition) is 1. The van der Waals surface area contributed by atoms with Gasteiger partial charge in [0.25, 0.3) is 5.56 Å². The van der Waals surface area contributed by atoms with Crippen LogP contribution in [0.25, 0.3) is 27.6 Å². The third-order valence-electron chi connectivity index (χ3n) is 4.40. The molecule has 6 nitrogen and oxygen atoms in total. The van der Waals surface area contributed by atoms with Crippen LogP contribution >= 0.6 is 11.8 Å². The summed E-state index contributed by atoms with van der Waals surface area (Å²) in [6.45, 7) is 1.65. The highest BCUT2D eigenvalue weighted by Gasteiger charge is 2.23. The van der Waals surface area contributed by atoms with Gasteiger partial charge in [-0.3, -0.25) is 14.2 Å². The molecule has 28 heavy (non-hydrogen) atoms. The Morgan fingerprint density at radius 1 is 1.21 bits per heavy atom. The summed E-state index contributed by atoms with van der Waals surface area (Å²) in [5.41, 5.74) is 1.14. The van der Waals surface area contributed by atoms with Gasteiger partial charge in [-0.15, -0.1) is 0 Å². The Bertz CT molecular complexity index is 1260. The zero-order chi connectivity index (χ0) is 19.8. The topological polar surface area (TPSA) is 77.0 Å². The van der Waals surface area contributed by atoms with Crippen molar-refractivity contribution in [3.05, 3.63) is 64.7 Å². The second kappa shape index (κ2) is 7.12. The molecule has 2 heterocycles. The Labute approximate surface area is 163 Å². The van der Waals surface area contributed by atoms with E-state index < -0.39 is 22.6 Å². The first-order valence-corrected chi connectivity index (χ1v) is 9.42. The van der Waals surface area contributed by atoms with Gasteiger partial charge in [0, 0.05) is 10.9 Å². The number of fused-ring (bicyclic) bond motifs is 3. The van der Waals surface area contributed by atoms with Crippen LogP contribution in [0, 0.1) is 5.82 Å². The van der Waals surface area contributed by atoms with E-state index in [4.69, 9.17) is 4.74 Å². The maximum atomic E-state index is 14.5. The second-order valence-corrected chi connectivity index (χ2v) is 7.47. The van der Waals surface area contributed by atoms with Gasteiger partial charge in [-0.25, -0.2) is 9.37 Å². The number of nitrogens with zero attached hydrogens (tertiary/aromatic N) is 2. The number of nitrogens with one attached hydrogen (secondary N) is 1. The molecule has 0 amide bonds. The molecule has 0 bridgehead atoms. The number of ether oxygens (including phenoxy) is 1. The largest absolute Gasteiger partial charge is 0.468 e. The van der Waals surface area contributed by atoms with E-state index in [9.17, 15) is 14.0 Å². The molecule has 142 valence electrons. The summed E-state index contributed by atoms with van der Waals surface area (Å²) in [5, 5.41) is 0.366. The average Bonchev–Trinajstić information content (AvgIpc) is 3.07. The molecule has 0 aliphatic carbocycles. The van der Waals surface area contributed by atoms with E-state index >= 15 is 0 Å². The first-order chi connectivity index (χ1) is 13.5. The first kappa shape index (κ1) is 18.2. The monoisotopic (exact) mass is 397 g/mol. The Kier molecular flexibility index (Phi) is 4.64. The Hall–Kier alpha value is -3.13. The summed E-state index contributed by atoms with van der Waals surface area (Å²) in [6, 6.07) is 13.3. The summed E-state index contributed by atoms with van der Waals surface area (Å²) >= 11 is 1.04. The number of rotatable bonds is 4. The van der Waals surface area contributed by atoms with Gasteiger partial charge in [-0.1, -0.05) is 42.1 Å². The van der Waals surface area contributed by atoms with E-state index in [2.05, 4.69) is 9.97 Å². The normalized spacial score (nSPS) is 12.4. The predicted molar refractivity (Wildman–Crippen MR) is 106 cm³/mol. The molecular formula is C20H16FN3O3S. The van der Waals surface area contributed by atoms with Crippen molar-refractivity contribution in [2.24, 2.45) is 0 Å². The van der Waals surface area contributed by atoms with Gasteiger partial charge < -0.3 is 9.72 Å². The fraction of sp³-hybridized carbons (Fsp3) is 0.150. The lowest BCUT2D eigenvalue weighted by Gasteiger charge is -2.15. The number of carbonyl (C=O) groups excluding carboxylic acids is 1. The van der Waals surface area contributed by atoms with Crippen LogP contribution in [0.1, 0.15) is 6.92 Å². The van der Waals surface area contributed by atoms with Crippen molar-refractivity contribution in [3.8, 4) is 5.69 Å². The number of aromatic nitrogens is 3. The molecule has 1 N–H and O–H groups in total. The van der Waals surface area contributed by atoms with Crippen LogP contribution in [0.4, 0.5) is 4.39 Å². The van der Waals surface area contributed by atoms with Gasteiger partial charge in [-0.05, 0) is 25.1 Å². The zero-order valence-corrected chi connectivity index (χ0v) is 15.9. The van der Waals surface area contributed by atoms with Crippen LogP contribution in [0.3, 0.4) is 0 Å². The van der Waals surface area contributed by atoms with Crippen LogP contribution in [-0.2, 0) is 9.53 Å². The molecule has 0 aliphatic heterocycles. The number of benzene rings is 2. The fourth-order valence-corrected chi connectivity index (χ4v) is 3.98. The molecule has 1 atom stereocenters. The number of methoxy groups -OCH3 is 1. The summed E-state index contributed by atoms with van der Waals surface area (Å²) in [7, 11) is 1.29. The quantitative estimate of drug-likeness (QED) is 0.323. The third kappa shape index (κ3) is 2.95. The minimum absolute atomic E-state index is 0.0696. The van der Waals surface area contributed by atoms with Gasteiger partial charge in [0.2, 0.25) is 0 Å². The Morgan fingerprint density at radius 2 is 1.93 bits per heavy atom. The highest BCUT2D eigenvalue weighted by Crippen LogP contribution is 2.29. The second-order valence-electron chi connectivity index (χ2n) is 6.16. The Balaban J connectivity index is 2.04. The number of para-hydroxylation sites is 2. The van der Waals surface area contributed by atoms with Crippen molar-refractivity contribution in [3.63, 3.8) is 0 Å². The summed E-state index contributed by atoms with van der Waals surface area (Å²) in [6.07, 6.45) is 0. The van der Waals surface area contributed by atoms with E-state index in [0.717, 1.165) is 22.7 Å². The Morgan fingerprint density at radius 3 is 2.68 bits per heavy atom. The number of carbonyl (C=O) groups is 1. The lowest BCUT2D eigenvalue weighted by Crippen LogP contribution is -2.24. The zero-order valence-electron chi connectivity index (χ0n) is 15.1. The van der Waals surface area contributed by atoms with E-state index in [0.29, 0.717) is 5.52 Å². The van der Waals surface area contributed by atoms with E-state index in [1.165, 1.54) is 23.8 Å². The molecule has 0 saturated heterocycles. The first-order valence-electron chi connectivity index (χ1n) is 8.54. The number of H-pyrrole nitrogens is 1. The molecule has 0 radical (unpaired) electrons. The smallest absolute Gasteiger partial charge is 0.318 e. The third-order valence-corrected chi connectivity index (χ3v) is 5.43. The van der Waals surface area contributed by atoms with Crippen molar-refractivity contribution in [2.45, 2.75) is 17.3 Å². The van der Waals surface area contributed by atoms with Gasteiger partial charge in [0.05, 0.1) is 12.8 Å². The van der Waals surface area contributed by atoms with Crippen LogP contribution in [0.15, 0.2) is 58.5 Å². The lowest BCUT2D eigenvalue weighted by molar-refractivity contribution is -0.139. The molecule has 0 spiro atoms. The molecule has 2 aromatic carbocycles. The van der Waals surface area contributed by atoms with E-state index in [1.807, 2.05) is 24.3 Å². The highest BCUT2D eigenvalue weighted by molar-refractivity contribution is 8.00. The van der Waals surface area contributed by atoms with Gasteiger partial charge in [-0.2, -0.15) is 0 Å². The maximum absolute atomic E-state index is 14.5. The molecule has 4 rings (SSSR count). The minimum atomic E-state index is -0.627. The van der Waals surface area contributed by atoms with Crippen molar-refractivity contribution in [2.75, 3.05) is 7.11 Å². The van der Waals surface area contributed by atoms with E-state index in [1.54, 1.807) is 19.1 Å². The molecule has 0 fully saturated rings. The average molecular weight is 397 g/mol. The maximum Gasteiger partial charge on any atom is 0.318 e. The summed E-state index contributed by atoms with van der Waals surface area (Å²) in [5.74, 6) is -1.02. The summed E-state index contributed by atoms with van der Waals surface area (Å²) in [4.78, 5) is 32.9. The van der Waals surface area contributed by atoms with Crippen LogP contribution in [0.2, 0.25) is 0 Å². The minimum Gasteiger partial charge on any atom is -0.468 e. The van der Waals surface area contributed by atoms with Crippen LogP contribution in [0.5, 0.6) is 0 Å². The molecule has 4 aromatic rings. The standard InChI is InChI=1S/C20H16FN3O3S/c1-11(19(26)27-2)28-20-23-16-12-7-3-5-9-14(12)22-17(16)18(25)24(20)15-10-6-4-8-13(15)21/h3-11,22H,1-2H3/t11-/m0/s1. The highest BCUT2D eigenvalue weighted by atomic mass is 32.2. The number of halogens is 1. The molecular weight excluding hydrogens is 381 g/mol. The van der Waals surface area contributed by atoms with Crippen molar-refractivity contribution in [1.29, 1.82) is 0 Å². The number of hydrogen-bond acceptors (Lipinski definition) is 5. The fourth-order valence-electron chi connectivity index (χ4n) is 3.04. The van der Waals surface area contributed by atoms with Crippen LogP contribution in [-0.4, -0.2) is 32.9 Å². The SMILES string of the molecule is COC(=O)[C@H](C)Sc1nc2c([nH]c3ccccc32)c(=O)n1-c1ccccc1F. The van der Waals surface area contributed by atoms with Crippen molar-refractivity contribution < 1.29 is 13.9 Å². The van der Waals surface area contributed by atoms with Gasteiger partial charge in [0.15, 0.2) is 5.16 Å². The molecule has 2 aromatic heterocycles. The van der Waals surface area contributed by atoms with Gasteiger partial charge in [0.1, 0.15) is 22.1 Å². The van der Waals surface area contributed by atoms with Crippen molar-refractivity contribution >= 4 is 39.7 Å². The molecule has 0 aliphatic rings. The molecule has 0 saturated carbocycles. The summed E-state index contributed by atoms with van der Waals surface area (Å²) < 4.78 is 20.5. The number of thioether (sulfide) groups is 1.